The van der Waals surface area contributed by atoms with Gasteiger partial charge in [0.2, 0.25) is 5.88 Å². The van der Waals surface area contributed by atoms with Gasteiger partial charge in [-0.3, -0.25) is 9.89 Å². The minimum atomic E-state index is 0.624. The lowest BCUT2D eigenvalue weighted by Gasteiger charge is -2.17. The molecule has 0 spiro atoms. The molecule has 0 aromatic carbocycles. The van der Waals surface area contributed by atoms with Crippen LogP contribution in [0.25, 0.3) is 0 Å². The lowest BCUT2D eigenvalue weighted by atomic mass is 10.1. The molecule has 0 saturated heterocycles. The van der Waals surface area contributed by atoms with E-state index in [0.29, 0.717) is 18.8 Å². The van der Waals surface area contributed by atoms with Gasteiger partial charge in [0.25, 0.3) is 0 Å². The summed E-state index contributed by atoms with van der Waals surface area (Å²) in [5.41, 5.74) is 3.61. The number of hydrogen-bond donors (Lipinski definition) is 0. The number of likely N-dealkylation sites (N-methyl/N-ethyl adjacent to an activating group) is 1. The number of methoxy groups -OCH3 is 1. The molecule has 26 heavy (non-hydrogen) atoms. The van der Waals surface area contributed by atoms with E-state index in [1.807, 2.05) is 0 Å². The summed E-state index contributed by atoms with van der Waals surface area (Å²) in [5.74, 6) is 7.02. The van der Waals surface area contributed by atoms with E-state index in [1.54, 1.807) is 13.3 Å². The number of ether oxygens (including phenoxy) is 1. The summed E-state index contributed by atoms with van der Waals surface area (Å²) in [6.07, 6.45) is 8.42. The van der Waals surface area contributed by atoms with Gasteiger partial charge in [-0.15, -0.1) is 0 Å². The van der Waals surface area contributed by atoms with Crippen LogP contribution in [0.2, 0.25) is 0 Å². The fraction of sp³-hybridized carbons (Fsp3) is 0.545. The molecule has 0 atom stereocenters. The lowest BCUT2D eigenvalue weighted by Crippen LogP contribution is -2.22. The minimum Gasteiger partial charge on any atom is -0.481 e. The van der Waals surface area contributed by atoms with Crippen LogP contribution in [0.5, 0.6) is 0 Å². The third-order valence-electron chi connectivity index (χ3n) is 4.05. The van der Waals surface area contributed by atoms with Crippen LogP contribution in [0.4, 0.5) is 0 Å². The Morgan fingerprint density at radius 3 is 2.50 bits per heavy atom. The fourth-order valence-corrected chi connectivity index (χ4v) is 2.34. The van der Waals surface area contributed by atoms with Gasteiger partial charge in [-0.25, -0.2) is 4.99 Å². The van der Waals surface area contributed by atoms with Crippen molar-refractivity contribution in [1.82, 2.24) is 4.90 Å². The van der Waals surface area contributed by atoms with Gasteiger partial charge in [0.05, 0.1) is 13.7 Å². The number of hydrogen-bond acceptors (Lipinski definition) is 4. The average molecular weight is 358 g/mol. The molecule has 0 aliphatic heterocycles. The van der Waals surface area contributed by atoms with E-state index in [1.165, 1.54) is 5.57 Å². The number of rotatable bonds is 12. The quantitative estimate of drug-likeness (QED) is 0.213. The predicted molar refractivity (Wildman–Crippen MR) is 115 cm³/mol. The molecule has 0 unspecified atom stereocenters. The molecule has 0 aliphatic rings. The second-order valence-electron chi connectivity index (χ2n) is 6.15. The van der Waals surface area contributed by atoms with Gasteiger partial charge in [0.15, 0.2) is 0 Å². The summed E-state index contributed by atoms with van der Waals surface area (Å²) in [5, 5.41) is 0. The summed E-state index contributed by atoms with van der Waals surface area (Å²) in [6, 6.07) is 0. The molecule has 0 aliphatic carbocycles. The highest BCUT2D eigenvalue weighted by Gasteiger charge is 2.09. The zero-order valence-electron chi connectivity index (χ0n) is 17.3. The lowest BCUT2D eigenvalue weighted by molar-refractivity contribution is 0.275. The van der Waals surface area contributed by atoms with Crippen LogP contribution in [0.15, 0.2) is 45.9 Å². The van der Waals surface area contributed by atoms with Crippen molar-refractivity contribution in [3.8, 4) is 11.8 Å². The molecule has 0 radical (unpaired) electrons. The van der Waals surface area contributed by atoms with Gasteiger partial charge >= 0.3 is 0 Å². The van der Waals surface area contributed by atoms with Crippen molar-refractivity contribution < 1.29 is 4.74 Å². The fourth-order valence-electron chi connectivity index (χ4n) is 2.34. The molecule has 0 saturated carbocycles. The summed E-state index contributed by atoms with van der Waals surface area (Å²) < 4.78 is 5.39. The first-order chi connectivity index (χ1) is 12.5. The van der Waals surface area contributed by atoms with Crippen LogP contribution in [0, 0.1) is 11.8 Å². The zero-order chi connectivity index (χ0) is 19.8. The van der Waals surface area contributed by atoms with Gasteiger partial charge in [0, 0.05) is 30.5 Å². The van der Waals surface area contributed by atoms with Crippen molar-refractivity contribution in [2.24, 2.45) is 9.98 Å². The van der Waals surface area contributed by atoms with E-state index in [2.05, 4.69) is 73.9 Å². The summed E-state index contributed by atoms with van der Waals surface area (Å²) in [4.78, 5) is 10.4. The molecule has 144 valence electrons. The first-order valence-corrected chi connectivity index (χ1v) is 9.21. The molecule has 0 aromatic rings. The molecule has 4 nitrogen and oxygen atoms in total. The summed E-state index contributed by atoms with van der Waals surface area (Å²) in [7, 11) is 3.69. The van der Waals surface area contributed by atoms with E-state index in [9.17, 15) is 0 Å². The van der Waals surface area contributed by atoms with Gasteiger partial charge in [0.1, 0.15) is 0 Å². The maximum absolute atomic E-state index is 5.39. The Morgan fingerprint density at radius 1 is 1.23 bits per heavy atom. The van der Waals surface area contributed by atoms with Crippen molar-refractivity contribution in [2.45, 2.75) is 52.9 Å². The molecule has 0 bridgehead atoms. The monoisotopic (exact) mass is 357 g/mol. The van der Waals surface area contributed by atoms with Gasteiger partial charge in [-0.05, 0) is 46.4 Å². The van der Waals surface area contributed by atoms with Crippen LogP contribution >= 0.6 is 0 Å². The zero-order valence-corrected chi connectivity index (χ0v) is 17.3. The smallest absolute Gasteiger partial charge is 0.212 e. The number of allylic oxidation sites excluding steroid dienone is 2. The van der Waals surface area contributed by atoms with E-state index in [4.69, 9.17) is 4.74 Å². The second-order valence-corrected chi connectivity index (χ2v) is 6.15. The third-order valence-corrected chi connectivity index (χ3v) is 4.05. The molecule has 0 fully saturated rings. The molecule has 0 aromatic heterocycles. The normalized spacial score (nSPS) is 13.0. The first-order valence-electron chi connectivity index (χ1n) is 9.21. The highest BCUT2D eigenvalue weighted by Crippen LogP contribution is 2.16. The maximum Gasteiger partial charge on any atom is 0.212 e. The Labute approximate surface area is 160 Å². The van der Waals surface area contributed by atoms with Crippen LogP contribution in [-0.2, 0) is 4.74 Å². The Morgan fingerprint density at radius 2 is 1.96 bits per heavy atom. The highest BCUT2D eigenvalue weighted by molar-refractivity contribution is 5.86. The molecule has 4 heteroatoms. The van der Waals surface area contributed by atoms with Crippen LogP contribution in [0.3, 0.4) is 0 Å². The standard InChI is InChI=1S/C22H35N3O/c1-8-19(4)14-13-15-20(22(23-5)26-7)18-25(6)17-12-11-16-21(9-2)24-10-3/h10,14H,3,5,8-9,13,15-18H2,1-2,4,6-7H3/b19-14-,22-20-,24-21?. The van der Waals surface area contributed by atoms with E-state index >= 15 is 0 Å². The Hall–Kier alpha value is -2.12. The Kier molecular flexibility index (Phi) is 13.9. The maximum atomic E-state index is 5.39. The van der Waals surface area contributed by atoms with Crippen LogP contribution in [-0.4, -0.2) is 44.6 Å². The van der Waals surface area contributed by atoms with E-state index in [-0.39, 0.29) is 0 Å². The second kappa shape index (κ2) is 15.2. The molecule has 0 amide bonds. The van der Waals surface area contributed by atoms with E-state index < -0.39 is 0 Å². The summed E-state index contributed by atoms with van der Waals surface area (Å²) in [6.45, 7) is 15.1. The molecule has 0 heterocycles. The predicted octanol–water partition coefficient (Wildman–Crippen LogP) is 5.00. The first kappa shape index (κ1) is 23.9. The van der Waals surface area contributed by atoms with Gasteiger partial charge in [-0.1, -0.05) is 43.9 Å². The minimum absolute atomic E-state index is 0.624. The van der Waals surface area contributed by atoms with Gasteiger partial charge in [-0.2, -0.15) is 0 Å². The largest absolute Gasteiger partial charge is 0.481 e. The van der Waals surface area contributed by atoms with Gasteiger partial charge < -0.3 is 4.74 Å². The Bertz CT molecular complexity index is 588. The van der Waals surface area contributed by atoms with Crippen molar-refractivity contribution in [1.29, 1.82) is 0 Å². The number of nitrogens with zero attached hydrogens (tertiary/aromatic N) is 3. The third kappa shape index (κ3) is 10.7. The molecular formula is C22H35N3O. The average Bonchev–Trinajstić information content (AvgIpc) is 2.64. The van der Waals surface area contributed by atoms with Crippen LogP contribution in [0.1, 0.15) is 52.9 Å². The Balaban J connectivity index is 4.81. The van der Waals surface area contributed by atoms with Crippen molar-refractivity contribution >= 4 is 12.4 Å². The SMILES string of the molecule is C=CN=C(CC)CC#CCN(C)C/C(CC/C=C(/C)CC)=C(/N=C)OC. The molecule has 0 rings (SSSR count). The summed E-state index contributed by atoms with van der Waals surface area (Å²) >= 11 is 0. The van der Waals surface area contributed by atoms with Crippen molar-refractivity contribution in [2.75, 3.05) is 27.2 Å². The topological polar surface area (TPSA) is 37.2 Å². The van der Waals surface area contributed by atoms with Crippen molar-refractivity contribution in [3.63, 3.8) is 0 Å². The van der Waals surface area contributed by atoms with Crippen LogP contribution < -0.4 is 0 Å². The molecule has 0 N–H and O–H groups in total. The van der Waals surface area contributed by atoms with Crippen molar-refractivity contribution in [3.05, 3.63) is 35.9 Å². The van der Waals surface area contributed by atoms with E-state index in [0.717, 1.165) is 43.5 Å². The number of aliphatic imine (C=N–C) groups is 2. The highest BCUT2D eigenvalue weighted by atomic mass is 16.5. The molecular weight excluding hydrogens is 322 g/mol.